The first-order chi connectivity index (χ1) is 12.1. The smallest absolute Gasteiger partial charge is 0.261 e. The Morgan fingerprint density at radius 3 is 2.60 bits per heavy atom. The maximum atomic E-state index is 13.1. The molecule has 25 heavy (non-hydrogen) atoms. The summed E-state index contributed by atoms with van der Waals surface area (Å²) >= 11 is 0. The van der Waals surface area contributed by atoms with E-state index in [1.807, 2.05) is 6.07 Å². The second-order valence-corrected chi connectivity index (χ2v) is 6.70. The summed E-state index contributed by atoms with van der Waals surface area (Å²) in [5.41, 5.74) is 2.47. The third-order valence-corrected chi connectivity index (χ3v) is 5.17. The molecule has 134 valence electrons. The molecule has 8 heteroatoms. The van der Waals surface area contributed by atoms with E-state index in [4.69, 9.17) is 9.94 Å². The molecule has 0 spiro atoms. The van der Waals surface area contributed by atoms with Crippen LogP contribution >= 0.6 is 0 Å². The number of hydroxylamine groups is 1. The molecule has 0 aliphatic heterocycles. The van der Waals surface area contributed by atoms with Crippen LogP contribution < -0.4 is 10.2 Å². The summed E-state index contributed by atoms with van der Waals surface area (Å²) in [7, 11) is -0.0511. The molecule has 0 radical (unpaired) electrons. The summed E-state index contributed by atoms with van der Waals surface area (Å²) in [4.78, 5) is 16.6. The second kappa shape index (κ2) is 9.26. The van der Waals surface area contributed by atoms with E-state index in [-0.39, 0.29) is 6.54 Å². The molecular weight excluding hydrogens is 342 g/mol. The van der Waals surface area contributed by atoms with Crippen LogP contribution in [0.25, 0.3) is 0 Å². The summed E-state index contributed by atoms with van der Waals surface area (Å²) < 4.78 is 19.7. The zero-order valence-corrected chi connectivity index (χ0v) is 14.9. The molecule has 0 fully saturated rings. The van der Waals surface area contributed by atoms with E-state index in [0.717, 1.165) is 5.56 Å². The lowest BCUT2D eigenvalue weighted by atomic mass is 10.2. The number of carbonyl (C=O) groups is 1. The van der Waals surface area contributed by atoms with Crippen molar-refractivity contribution in [2.75, 3.05) is 7.11 Å². The molecule has 1 aromatic heterocycles. The first kappa shape index (κ1) is 19.0. The van der Waals surface area contributed by atoms with E-state index in [9.17, 15) is 9.00 Å². The third-order valence-electron chi connectivity index (χ3n) is 3.68. The van der Waals surface area contributed by atoms with Gasteiger partial charge in [0.05, 0.1) is 12.0 Å². The highest BCUT2D eigenvalue weighted by atomic mass is 32.2. The summed E-state index contributed by atoms with van der Waals surface area (Å²) in [6.45, 7) is 2.04. The predicted molar refractivity (Wildman–Crippen MR) is 93.2 cm³/mol. The zero-order chi connectivity index (χ0) is 18.2. The highest BCUT2D eigenvalue weighted by Crippen LogP contribution is 2.21. The second-order valence-electron chi connectivity index (χ2n) is 5.26. The lowest BCUT2D eigenvalue weighted by Crippen LogP contribution is -2.46. The van der Waals surface area contributed by atoms with Crippen molar-refractivity contribution in [3.63, 3.8) is 0 Å². The van der Waals surface area contributed by atoms with Gasteiger partial charge >= 0.3 is 0 Å². The number of benzene rings is 1. The lowest BCUT2D eigenvalue weighted by Gasteiger charge is -2.28. The first-order valence-electron chi connectivity index (χ1n) is 7.76. The van der Waals surface area contributed by atoms with Crippen molar-refractivity contribution in [2.45, 2.75) is 30.8 Å². The molecule has 1 heterocycles. The third kappa shape index (κ3) is 4.85. The van der Waals surface area contributed by atoms with E-state index < -0.39 is 22.9 Å². The van der Waals surface area contributed by atoms with Gasteiger partial charge in [0.15, 0.2) is 0 Å². The van der Waals surface area contributed by atoms with Gasteiger partial charge in [-0.05, 0) is 42.3 Å². The summed E-state index contributed by atoms with van der Waals surface area (Å²) in [5.74, 6) is 0.0490. The number of carbonyl (C=O) groups excluding carboxylic acids is 1. The van der Waals surface area contributed by atoms with Crippen LogP contribution in [0.5, 0.6) is 5.75 Å². The number of methoxy groups -OCH3 is 1. The van der Waals surface area contributed by atoms with Crippen LogP contribution in [-0.4, -0.2) is 37.8 Å². The van der Waals surface area contributed by atoms with Crippen molar-refractivity contribution in [1.29, 1.82) is 0 Å². The van der Waals surface area contributed by atoms with E-state index in [0.29, 0.717) is 17.1 Å². The molecule has 2 atom stereocenters. The molecule has 0 aliphatic carbocycles. The Labute approximate surface area is 149 Å². The van der Waals surface area contributed by atoms with Gasteiger partial charge < -0.3 is 4.74 Å². The average Bonchev–Trinajstić information content (AvgIpc) is 2.67. The van der Waals surface area contributed by atoms with E-state index in [1.165, 1.54) is 4.31 Å². The summed E-state index contributed by atoms with van der Waals surface area (Å²) in [6.07, 6.45) is 3.68. The minimum Gasteiger partial charge on any atom is -0.497 e. The summed E-state index contributed by atoms with van der Waals surface area (Å²) in [5, 5.41) is 9.02. The van der Waals surface area contributed by atoms with Crippen molar-refractivity contribution < 1.29 is 18.9 Å². The van der Waals surface area contributed by atoms with Crippen LogP contribution in [0.2, 0.25) is 0 Å². The van der Waals surface area contributed by atoms with Gasteiger partial charge in [-0.25, -0.2) is 14.0 Å². The van der Waals surface area contributed by atoms with Gasteiger partial charge in [-0.1, -0.05) is 13.0 Å². The lowest BCUT2D eigenvalue weighted by molar-refractivity contribution is -0.133. The highest BCUT2D eigenvalue weighted by molar-refractivity contribution is 7.82. The van der Waals surface area contributed by atoms with Crippen molar-refractivity contribution >= 4 is 16.9 Å². The molecule has 2 rings (SSSR count). The number of nitrogens with zero attached hydrogens (tertiary/aromatic N) is 2. The molecule has 2 aromatic rings. The highest BCUT2D eigenvalue weighted by Gasteiger charge is 2.29. The molecule has 0 saturated carbocycles. The van der Waals surface area contributed by atoms with Gasteiger partial charge in [0.25, 0.3) is 5.91 Å². The minimum absolute atomic E-state index is 0.248. The number of nitrogens with one attached hydrogen (secondary N) is 1. The average molecular weight is 363 g/mol. The largest absolute Gasteiger partial charge is 0.497 e. The van der Waals surface area contributed by atoms with E-state index in [2.05, 4.69) is 4.98 Å². The van der Waals surface area contributed by atoms with Gasteiger partial charge in [-0.15, -0.1) is 0 Å². The monoisotopic (exact) mass is 363 g/mol. The molecule has 1 aromatic carbocycles. The quantitative estimate of drug-likeness (QED) is 0.552. The van der Waals surface area contributed by atoms with Crippen LogP contribution in [0.4, 0.5) is 0 Å². The molecule has 2 unspecified atom stereocenters. The van der Waals surface area contributed by atoms with Crippen molar-refractivity contribution in [3.05, 3.63) is 54.4 Å². The number of rotatable bonds is 8. The Morgan fingerprint density at radius 2 is 2.08 bits per heavy atom. The molecular formula is C17H21N3O4S. The fourth-order valence-electron chi connectivity index (χ4n) is 2.38. The molecule has 7 nitrogen and oxygen atoms in total. The molecule has 1 amide bonds. The molecule has 0 bridgehead atoms. The zero-order valence-electron chi connectivity index (χ0n) is 14.1. The van der Waals surface area contributed by atoms with Gasteiger partial charge in [-0.2, -0.15) is 0 Å². The van der Waals surface area contributed by atoms with Gasteiger partial charge in [0, 0.05) is 18.9 Å². The maximum Gasteiger partial charge on any atom is 0.261 e. The van der Waals surface area contributed by atoms with Gasteiger partial charge in [0.2, 0.25) is 0 Å². The maximum absolute atomic E-state index is 13.1. The van der Waals surface area contributed by atoms with Crippen LogP contribution in [0.3, 0.4) is 0 Å². The number of ether oxygens (including phenoxy) is 1. The molecule has 2 N–H and O–H groups in total. The van der Waals surface area contributed by atoms with Crippen molar-refractivity contribution in [1.82, 2.24) is 14.8 Å². The van der Waals surface area contributed by atoms with Crippen LogP contribution in [0.15, 0.2) is 53.7 Å². The fraction of sp³-hybridized carbons (Fsp3) is 0.294. The fourth-order valence-corrected chi connectivity index (χ4v) is 3.76. The van der Waals surface area contributed by atoms with Crippen molar-refractivity contribution in [2.24, 2.45) is 0 Å². The van der Waals surface area contributed by atoms with E-state index >= 15 is 0 Å². The van der Waals surface area contributed by atoms with Crippen LogP contribution in [0, 0.1) is 0 Å². The number of amides is 1. The molecule has 0 aliphatic rings. The van der Waals surface area contributed by atoms with Crippen molar-refractivity contribution in [3.8, 4) is 5.75 Å². The Hall–Kier alpha value is -2.29. The first-order valence-corrected chi connectivity index (χ1v) is 8.86. The number of pyridine rings is 1. The Bertz CT molecular complexity index is 710. The Morgan fingerprint density at radius 1 is 1.36 bits per heavy atom. The number of hydrogen-bond donors (Lipinski definition) is 2. The van der Waals surface area contributed by atoms with Crippen LogP contribution in [-0.2, 0) is 22.3 Å². The standard InChI is InChI=1S/C17H21N3O4S/c1-3-16(17(21)19-22)20(12-13-5-4-10-18-11-13)25(23)15-8-6-14(24-2)7-9-15/h4-11,16,22H,3,12H2,1-2H3,(H,19,21). The normalized spacial score (nSPS) is 13.3. The Kier molecular flexibility index (Phi) is 7.05. The summed E-state index contributed by atoms with van der Waals surface area (Å²) in [6, 6.07) is 9.66. The Balaban J connectivity index is 2.34. The van der Waals surface area contributed by atoms with Gasteiger partial charge in [-0.3, -0.25) is 15.0 Å². The number of hydrogen-bond acceptors (Lipinski definition) is 5. The van der Waals surface area contributed by atoms with Gasteiger partial charge in [0.1, 0.15) is 22.8 Å². The topological polar surface area (TPSA) is 91.8 Å². The van der Waals surface area contributed by atoms with E-state index in [1.54, 1.807) is 62.2 Å². The minimum atomic E-state index is -1.61. The SMILES string of the molecule is CCC(C(=O)NO)N(Cc1cccnc1)S(=O)c1ccc(OC)cc1. The molecule has 0 saturated heterocycles. The number of aromatic nitrogens is 1. The predicted octanol–water partition coefficient (Wildman–Crippen LogP) is 1.90. The van der Waals surface area contributed by atoms with Crippen LogP contribution in [0.1, 0.15) is 18.9 Å².